The van der Waals surface area contributed by atoms with E-state index in [1.165, 1.54) is 0 Å². The van der Waals surface area contributed by atoms with Gasteiger partial charge >= 0.3 is 0 Å². The quantitative estimate of drug-likeness (QED) is 0.782. The summed E-state index contributed by atoms with van der Waals surface area (Å²) in [6.45, 7) is 2.22. The molecular weight excluding hydrogens is 244 g/mol. The molecule has 0 aliphatic carbocycles. The number of hydrogen-bond donors (Lipinski definition) is 1. The van der Waals surface area contributed by atoms with E-state index in [0.717, 1.165) is 17.7 Å². The Balaban J connectivity index is 2.20. The molecule has 17 heavy (non-hydrogen) atoms. The molecule has 0 aromatic carbocycles. The summed E-state index contributed by atoms with van der Waals surface area (Å²) in [6.07, 6.45) is 1.68. The average Bonchev–Trinajstić information content (AvgIpc) is 2.60. The van der Waals surface area contributed by atoms with Gasteiger partial charge in [0.05, 0.1) is 11.4 Å². The van der Waals surface area contributed by atoms with Crippen molar-refractivity contribution in [1.82, 2.24) is 10.5 Å². The Morgan fingerprint density at radius 1 is 1.53 bits per heavy atom. The molecular formula is C10H16N2O4S. The van der Waals surface area contributed by atoms with Gasteiger partial charge in [-0.1, -0.05) is 5.16 Å². The van der Waals surface area contributed by atoms with Crippen LogP contribution >= 0.6 is 0 Å². The van der Waals surface area contributed by atoms with Gasteiger partial charge in [-0.05, 0) is 6.92 Å². The van der Waals surface area contributed by atoms with E-state index in [4.69, 9.17) is 4.52 Å². The van der Waals surface area contributed by atoms with Crippen LogP contribution in [0.2, 0.25) is 0 Å². The summed E-state index contributed by atoms with van der Waals surface area (Å²) in [5.41, 5.74) is 0.769. The molecule has 7 heteroatoms. The first-order valence-electron chi connectivity index (χ1n) is 5.23. The van der Waals surface area contributed by atoms with Crippen molar-refractivity contribution in [3.8, 4) is 0 Å². The first-order valence-corrected chi connectivity index (χ1v) is 7.29. The minimum absolute atomic E-state index is 0.00330. The zero-order valence-electron chi connectivity index (χ0n) is 9.89. The second-order valence-corrected chi connectivity index (χ2v) is 6.17. The number of carbonyl (C=O) groups is 1. The lowest BCUT2D eigenvalue weighted by molar-refractivity contribution is -0.120. The van der Waals surface area contributed by atoms with Crippen LogP contribution in [0, 0.1) is 6.92 Å². The molecule has 0 bridgehead atoms. The van der Waals surface area contributed by atoms with E-state index in [-0.39, 0.29) is 18.1 Å². The topological polar surface area (TPSA) is 89.3 Å². The van der Waals surface area contributed by atoms with Crippen molar-refractivity contribution in [2.24, 2.45) is 0 Å². The van der Waals surface area contributed by atoms with Crippen LogP contribution in [0.5, 0.6) is 0 Å². The highest BCUT2D eigenvalue weighted by Gasteiger charge is 2.07. The standard InChI is InChI=1S/C10H16N2O4S/c1-8-7-9(12-16-8)3-5-11-10(13)4-6-17(2,14)15/h7H,3-6H2,1-2H3,(H,11,13). The van der Waals surface area contributed by atoms with Crippen molar-refractivity contribution in [3.63, 3.8) is 0 Å². The molecule has 0 unspecified atom stereocenters. The maximum absolute atomic E-state index is 11.3. The van der Waals surface area contributed by atoms with Gasteiger partial charge in [-0.2, -0.15) is 0 Å². The summed E-state index contributed by atoms with van der Waals surface area (Å²) < 4.78 is 26.5. The van der Waals surface area contributed by atoms with Gasteiger partial charge in [0.2, 0.25) is 5.91 Å². The third kappa shape index (κ3) is 6.06. The number of sulfone groups is 1. The van der Waals surface area contributed by atoms with Crippen LogP contribution in [0.25, 0.3) is 0 Å². The molecule has 1 amide bonds. The van der Waals surface area contributed by atoms with Gasteiger partial charge in [-0.3, -0.25) is 4.79 Å². The highest BCUT2D eigenvalue weighted by atomic mass is 32.2. The number of hydrogen-bond acceptors (Lipinski definition) is 5. The number of amides is 1. The van der Waals surface area contributed by atoms with Crippen molar-refractivity contribution in [2.75, 3.05) is 18.6 Å². The number of aryl methyl sites for hydroxylation is 1. The van der Waals surface area contributed by atoms with E-state index in [1.807, 2.05) is 0 Å². The van der Waals surface area contributed by atoms with Crippen molar-refractivity contribution >= 4 is 15.7 Å². The number of nitrogens with one attached hydrogen (secondary N) is 1. The Kier molecular flexibility index (Phi) is 4.68. The summed E-state index contributed by atoms with van der Waals surface area (Å²) in [4.78, 5) is 11.3. The lowest BCUT2D eigenvalue weighted by atomic mass is 10.3. The molecule has 0 saturated heterocycles. The summed E-state index contributed by atoms with van der Waals surface area (Å²) in [6, 6.07) is 1.79. The van der Waals surface area contributed by atoms with Gasteiger partial charge in [0.25, 0.3) is 0 Å². The zero-order valence-corrected chi connectivity index (χ0v) is 10.7. The molecule has 1 heterocycles. The maximum atomic E-state index is 11.3. The van der Waals surface area contributed by atoms with Gasteiger partial charge in [-0.15, -0.1) is 0 Å². The van der Waals surface area contributed by atoms with Gasteiger partial charge < -0.3 is 9.84 Å². The molecule has 0 spiro atoms. The lowest BCUT2D eigenvalue weighted by Crippen LogP contribution is -2.27. The van der Waals surface area contributed by atoms with Crippen LogP contribution in [0.4, 0.5) is 0 Å². The van der Waals surface area contributed by atoms with Crippen LogP contribution in [0.3, 0.4) is 0 Å². The van der Waals surface area contributed by atoms with Crippen LogP contribution in [-0.2, 0) is 21.1 Å². The molecule has 0 radical (unpaired) electrons. The van der Waals surface area contributed by atoms with Crippen LogP contribution in [0.1, 0.15) is 17.9 Å². The molecule has 0 aliphatic rings. The molecule has 0 fully saturated rings. The van der Waals surface area contributed by atoms with E-state index in [9.17, 15) is 13.2 Å². The second kappa shape index (κ2) is 5.81. The molecule has 6 nitrogen and oxygen atoms in total. The largest absolute Gasteiger partial charge is 0.361 e. The van der Waals surface area contributed by atoms with Crippen molar-refractivity contribution in [2.45, 2.75) is 19.8 Å². The Hall–Kier alpha value is -1.37. The third-order valence-corrected chi connectivity index (χ3v) is 3.03. The normalized spacial score (nSPS) is 11.4. The fourth-order valence-corrected chi connectivity index (χ4v) is 1.79. The summed E-state index contributed by atoms with van der Waals surface area (Å²) in [5, 5.41) is 6.40. The van der Waals surface area contributed by atoms with Crippen LogP contribution < -0.4 is 5.32 Å². The molecule has 1 N–H and O–H groups in total. The Morgan fingerprint density at radius 3 is 2.76 bits per heavy atom. The van der Waals surface area contributed by atoms with E-state index in [0.29, 0.717) is 13.0 Å². The highest BCUT2D eigenvalue weighted by molar-refractivity contribution is 7.90. The van der Waals surface area contributed by atoms with E-state index >= 15 is 0 Å². The number of aromatic nitrogens is 1. The SMILES string of the molecule is Cc1cc(CCNC(=O)CCS(C)(=O)=O)no1. The Labute approximate surface area is 100 Å². The number of rotatable bonds is 6. The monoisotopic (exact) mass is 260 g/mol. The van der Waals surface area contributed by atoms with Crippen molar-refractivity contribution in [3.05, 3.63) is 17.5 Å². The van der Waals surface area contributed by atoms with E-state index in [2.05, 4.69) is 10.5 Å². The van der Waals surface area contributed by atoms with E-state index in [1.54, 1.807) is 13.0 Å². The smallest absolute Gasteiger partial charge is 0.221 e. The van der Waals surface area contributed by atoms with E-state index < -0.39 is 9.84 Å². The number of carbonyl (C=O) groups excluding carboxylic acids is 1. The molecule has 1 rings (SSSR count). The lowest BCUT2D eigenvalue weighted by Gasteiger charge is -2.02. The van der Waals surface area contributed by atoms with Gasteiger partial charge in [0, 0.05) is 31.7 Å². The molecule has 0 atom stereocenters. The summed E-state index contributed by atoms with van der Waals surface area (Å²) in [5.74, 6) is 0.334. The Bertz CT molecular complexity index is 478. The molecule has 1 aromatic heterocycles. The molecule has 0 aliphatic heterocycles. The predicted octanol–water partition coefficient (Wildman–Crippen LogP) is 0.0764. The fraction of sp³-hybridized carbons (Fsp3) is 0.600. The summed E-state index contributed by atoms with van der Waals surface area (Å²) in [7, 11) is -3.08. The van der Waals surface area contributed by atoms with Gasteiger partial charge in [0.1, 0.15) is 15.6 Å². The third-order valence-electron chi connectivity index (χ3n) is 2.08. The fourth-order valence-electron chi connectivity index (χ4n) is 1.23. The van der Waals surface area contributed by atoms with Crippen LogP contribution in [-0.4, -0.2) is 38.0 Å². The van der Waals surface area contributed by atoms with Gasteiger partial charge in [-0.25, -0.2) is 8.42 Å². The minimum Gasteiger partial charge on any atom is -0.361 e. The summed E-state index contributed by atoms with van der Waals surface area (Å²) >= 11 is 0. The van der Waals surface area contributed by atoms with Crippen molar-refractivity contribution in [1.29, 1.82) is 0 Å². The molecule has 96 valence electrons. The predicted molar refractivity (Wildman–Crippen MR) is 62.3 cm³/mol. The van der Waals surface area contributed by atoms with Gasteiger partial charge in [0.15, 0.2) is 0 Å². The first-order chi connectivity index (χ1) is 7.87. The average molecular weight is 260 g/mol. The van der Waals surface area contributed by atoms with Crippen molar-refractivity contribution < 1.29 is 17.7 Å². The minimum atomic E-state index is -3.08. The second-order valence-electron chi connectivity index (χ2n) is 3.91. The first kappa shape index (κ1) is 13.7. The number of nitrogens with zero attached hydrogens (tertiary/aromatic N) is 1. The van der Waals surface area contributed by atoms with Crippen LogP contribution in [0.15, 0.2) is 10.6 Å². The maximum Gasteiger partial charge on any atom is 0.221 e. The Morgan fingerprint density at radius 2 is 2.24 bits per heavy atom. The molecule has 0 saturated carbocycles. The highest BCUT2D eigenvalue weighted by Crippen LogP contribution is 2.01. The zero-order chi connectivity index (χ0) is 12.9. The molecule has 1 aromatic rings.